The minimum absolute atomic E-state index is 0.245. The van der Waals surface area contributed by atoms with Crippen LogP contribution < -0.4 is 9.64 Å². The Morgan fingerprint density at radius 3 is 2.48 bits per heavy atom. The second-order valence-corrected chi connectivity index (χ2v) is 6.36. The van der Waals surface area contributed by atoms with Gasteiger partial charge in [-0.25, -0.2) is 14.8 Å². The summed E-state index contributed by atoms with van der Waals surface area (Å²) >= 11 is 5.96. The van der Waals surface area contributed by atoms with Crippen molar-refractivity contribution in [1.82, 2.24) is 9.97 Å². The predicted octanol–water partition coefficient (Wildman–Crippen LogP) is 4.41. The van der Waals surface area contributed by atoms with Crippen molar-refractivity contribution in [3.63, 3.8) is 0 Å². The summed E-state index contributed by atoms with van der Waals surface area (Å²) in [6, 6.07) is 7.28. The average Bonchev–Trinajstić information content (AvgIpc) is 2.63. The number of carboxylic acid groups (broad SMARTS) is 1. The zero-order valence-corrected chi connectivity index (χ0v) is 14.8. The minimum atomic E-state index is -1.35. The Morgan fingerprint density at radius 1 is 1.20 bits per heavy atom. The summed E-state index contributed by atoms with van der Waals surface area (Å²) in [5.41, 5.74) is 1.42. The van der Waals surface area contributed by atoms with Crippen LogP contribution in [0.3, 0.4) is 0 Å². The average molecular weight is 362 g/mol. The number of benzene rings is 1. The van der Waals surface area contributed by atoms with Crippen LogP contribution in [0.5, 0.6) is 5.75 Å². The van der Waals surface area contributed by atoms with Crippen LogP contribution in [0.2, 0.25) is 5.02 Å². The van der Waals surface area contributed by atoms with Gasteiger partial charge in [-0.15, -0.1) is 0 Å². The molecule has 0 atom stereocenters. The molecule has 0 bridgehead atoms. The highest BCUT2D eigenvalue weighted by Gasteiger charge is 2.24. The van der Waals surface area contributed by atoms with Gasteiger partial charge in [0.15, 0.2) is 17.4 Å². The summed E-state index contributed by atoms with van der Waals surface area (Å²) in [4.78, 5) is 22.4. The lowest BCUT2D eigenvalue weighted by atomic mass is 10.1. The van der Waals surface area contributed by atoms with E-state index in [1.54, 1.807) is 12.1 Å². The van der Waals surface area contributed by atoms with Crippen molar-refractivity contribution in [3.8, 4) is 17.1 Å². The smallest absolute Gasteiger partial charge is 0.449 e. The summed E-state index contributed by atoms with van der Waals surface area (Å²) in [5, 5.41) is 9.76. The van der Waals surface area contributed by atoms with Gasteiger partial charge in [-0.1, -0.05) is 18.5 Å². The van der Waals surface area contributed by atoms with Gasteiger partial charge in [0.25, 0.3) is 0 Å². The molecule has 1 N–H and O–H groups in total. The van der Waals surface area contributed by atoms with Crippen LogP contribution in [0, 0.1) is 0 Å². The van der Waals surface area contributed by atoms with E-state index in [1.165, 1.54) is 6.42 Å². The second kappa shape index (κ2) is 7.70. The first kappa shape index (κ1) is 17.5. The number of rotatable bonds is 4. The number of piperidine rings is 1. The minimum Gasteiger partial charge on any atom is -0.449 e. The largest absolute Gasteiger partial charge is 0.511 e. The fourth-order valence-corrected chi connectivity index (χ4v) is 3.09. The van der Waals surface area contributed by atoms with Gasteiger partial charge in [-0.2, -0.15) is 0 Å². The Kier molecular flexibility index (Phi) is 5.38. The molecule has 0 aliphatic carbocycles. The highest BCUT2D eigenvalue weighted by molar-refractivity contribution is 6.30. The first-order chi connectivity index (χ1) is 12.1. The summed E-state index contributed by atoms with van der Waals surface area (Å²) < 4.78 is 5.06. The van der Waals surface area contributed by atoms with Crippen molar-refractivity contribution in [2.45, 2.75) is 32.6 Å². The molecule has 1 fully saturated rings. The monoisotopic (exact) mass is 361 g/mol. The lowest BCUT2D eigenvalue weighted by molar-refractivity contribution is 0.143. The van der Waals surface area contributed by atoms with Crippen LogP contribution in [0.4, 0.5) is 10.6 Å². The van der Waals surface area contributed by atoms with Gasteiger partial charge in [0.05, 0.1) is 5.69 Å². The number of ether oxygens (including phenoxy) is 1. The number of halogens is 1. The van der Waals surface area contributed by atoms with Crippen LogP contribution in [0.15, 0.2) is 24.3 Å². The van der Waals surface area contributed by atoms with Crippen molar-refractivity contribution in [2.75, 3.05) is 18.0 Å². The molecule has 0 saturated carbocycles. The predicted molar refractivity (Wildman–Crippen MR) is 96.6 cm³/mol. The third kappa shape index (κ3) is 4.02. The van der Waals surface area contributed by atoms with E-state index in [9.17, 15) is 4.79 Å². The first-order valence-corrected chi connectivity index (χ1v) is 8.79. The normalized spacial score (nSPS) is 14.4. The van der Waals surface area contributed by atoms with E-state index in [2.05, 4.69) is 14.9 Å². The van der Waals surface area contributed by atoms with E-state index in [0.717, 1.165) is 31.5 Å². The van der Waals surface area contributed by atoms with Crippen LogP contribution in [-0.2, 0) is 6.42 Å². The first-order valence-electron chi connectivity index (χ1n) is 8.41. The van der Waals surface area contributed by atoms with Gasteiger partial charge >= 0.3 is 6.16 Å². The van der Waals surface area contributed by atoms with Crippen molar-refractivity contribution in [3.05, 3.63) is 35.0 Å². The molecule has 7 heteroatoms. The topological polar surface area (TPSA) is 75.5 Å². The van der Waals surface area contributed by atoms with E-state index >= 15 is 0 Å². The maximum absolute atomic E-state index is 11.2. The van der Waals surface area contributed by atoms with Gasteiger partial charge in [-0.05, 0) is 49.9 Å². The number of aryl methyl sites for hydroxylation is 1. The Bertz CT molecular complexity index is 759. The van der Waals surface area contributed by atoms with E-state index in [4.69, 9.17) is 21.4 Å². The molecule has 0 radical (unpaired) electrons. The Morgan fingerprint density at radius 2 is 1.88 bits per heavy atom. The van der Waals surface area contributed by atoms with Gasteiger partial charge in [0.1, 0.15) is 0 Å². The SMILES string of the molecule is CCc1nc(-c2ccc(Cl)cc2)nc(N2CCCCC2)c1OC(=O)O. The van der Waals surface area contributed by atoms with Gasteiger partial charge < -0.3 is 14.7 Å². The Balaban J connectivity index is 2.11. The van der Waals surface area contributed by atoms with E-state index in [-0.39, 0.29) is 5.75 Å². The molecule has 25 heavy (non-hydrogen) atoms. The van der Waals surface area contributed by atoms with E-state index in [0.29, 0.717) is 28.8 Å². The Labute approximate surface area is 151 Å². The molecular formula is C18H20ClN3O3. The van der Waals surface area contributed by atoms with Crippen molar-refractivity contribution >= 4 is 23.6 Å². The molecule has 1 aromatic heterocycles. The summed E-state index contributed by atoms with van der Waals surface area (Å²) in [5.74, 6) is 1.35. The van der Waals surface area contributed by atoms with Gasteiger partial charge in [0.2, 0.25) is 0 Å². The van der Waals surface area contributed by atoms with Crippen LogP contribution in [0.1, 0.15) is 31.9 Å². The number of nitrogens with zero attached hydrogens (tertiary/aromatic N) is 3. The highest BCUT2D eigenvalue weighted by atomic mass is 35.5. The molecule has 3 rings (SSSR count). The zero-order valence-electron chi connectivity index (χ0n) is 14.0. The lowest BCUT2D eigenvalue weighted by Crippen LogP contribution is -2.31. The van der Waals surface area contributed by atoms with Crippen LogP contribution in [0.25, 0.3) is 11.4 Å². The number of carbonyl (C=O) groups is 1. The Hall–Kier alpha value is -2.34. The lowest BCUT2D eigenvalue weighted by Gasteiger charge is -2.29. The number of hydrogen-bond donors (Lipinski definition) is 1. The van der Waals surface area contributed by atoms with Crippen LogP contribution >= 0.6 is 11.6 Å². The van der Waals surface area contributed by atoms with E-state index < -0.39 is 6.16 Å². The quantitative estimate of drug-likeness (QED) is 0.813. The molecule has 1 aromatic carbocycles. The molecule has 2 heterocycles. The van der Waals surface area contributed by atoms with Crippen molar-refractivity contribution < 1.29 is 14.6 Å². The standard InChI is InChI=1S/C18H20ClN3O3/c1-2-14-15(25-18(23)24)17(22-10-4-3-5-11-22)21-16(20-14)12-6-8-13(19)9-7-12/h6-9H,2-5,10-11H2,1H3,(H,23,24). The van der Waals surface area contributed by atoms with Gasteiger partial charge in [-0.3, -0.25) is 0 Å². The summed E-state index contributed by atoms with van der Waals surface area (Å²) in [7, 11) is 0. The summed E-state index contributed by atoms with van der Waals surface area (Å²) in [6.45, 7) is 3.58. The highest BCUT2D eigenvalue weighted by Crippen LogP contribution is 2.34. The fraction of sp³-hybridized carbons (Fsp3) is 0.389. The zero-order chi connectivity index (χ0) is 17.8. The third-order valence-corrected chi connectivity index (χ3v) is 4.45. The van der Waals surface area contributed by atoms with Crippen LogP contribution in [-0.4, -0.2) is 34.3 Å². The maximum Gasteiger partial charge on any atom is 0.511 e. The van der Waals surface area contributed by atoms with Crippen molar-refractivity contribution in [1.29, 1.82) is 0 Å². The molecule has 1 aliphatic heterocycles. The number of hydrogen-bond acceptors (Lipinski definition) is 5. The van der Waals surface area contributed by atoms with Crippen molar-refractivity contribution in [2.24, 2.45) is 0 Å². The fourth-order valence-electron chi connectivity index (χ4n) is 2.96. The molecule has 0 spiro atoms. The van der Waals surface area contributed by atoms with Gasteiger partial charge in [0, 0.05) is 23.7 Å². The molecule has 6 nitrogen and oxygen atoms in total. The third-order valence-electron chi connectivity index (χ3n) is 4.20. The number of anilines is 1. The molecule has 1 saturated heterocycles. The molecule has 132 valence electrons. The molecular weight excluding hydrogens is 342 g/mol. The molecule has 1 aliphatic rings. The number of aromatic nitrogens is 2. The van der Waals surface area contributed by atoms with E-state index in [1.807, 2.05) is 19.1 Å². The maximum atomic E-state index is 11.2. The molecule has 2 aromatic rings. The second-order valence-electron chi connectivity index (χ2n) is 5.92. The molecule has 0 unspecified atom stereocenters. The molecule has 0 amide bonds. The summed E-state index contributed by atoms with van der Waals surface area (Å²) in [6.07, 6.45) is 2.46.